The highest BCUT2D eigenvalue weighted by atomic mass is 16.4. The molecule has 0 bridgehead atoms. The second-order valence-corrected chi connectivity index (χ2v) is 4.94. The van der Waals surface area contributed by atoms with Gasteiger partial charge in [-0.25, -0.2) is 0 Å². The van der Waals surface area contributed by atoms with E-state index in [9.17, 15) is 4.79 Å². The number of rotatable bonds is 4. The smallest absolute Gasteiger partial charge is 0.321 e. The normalized spacial score (nSPS) is 14.6. The Hall–Kier alpha value is -0.570. The number of aliphatic carboxylic acids is 1. The molecule has 0 aliphatic carbocycles. The van der Waals surface area contributed by atoms with Crippen molar-refractivity contribution in [2.24, 2.45) is 11.3 Å². The van der Waals surface area contributed by atoms with E-state index in [1.807, 2.05) is 20.8 Å². The summed E-state index contributed by atoms with van der Waals surface area (Å²) < 4.78 is 0. The van der Waals surface area contributed by atoms with Gasteiger partial charge in [0.15, 0.2) is 0 Å². The summed E-state index contributed by atoms with van der Waals surface area (Å²) in [5, 5.41) is 12.0. The maximum absolute atomic E-state index is 10.9. The van der Waals surface area contributed by atoms with Gasteiger partial charge in [0.05, 0.1) is 0 Å². The highest BCUT2D eigenvalue weighted by Gasteiger charge is 2.30. The molecule has 0 spiro atoms. The van der Waals surface area contributed by atoms with Crippen molar-refractivity contribution >= 4 is 5.97 Å². The summed E-state index contributed by atoms with van der Waals surface area (Å²) in [4.78, 5) is 10.9. The Labute approximate surface area is 80.5 Å². The fraction of sp³-hybridized carbons (Fsp3) is 0.900. The van der Waals surface area contributed by atoms with Crippen molar-refractivity contribution in [2.45, 2.75) is 40.7 Å². The first kappa shape index (κ1) is 12.4. The SMILES string of the molecule is CC(C)CNC(C(=O)O)C(C)(C)C. The van der Waals surface area contributed by atoms with Crippen LogP contribution in [0.5, 0.6) is 0 Å². The minimum absolute atomic E-state index is 0.235. The molecule has 0 aliphatic rings. The lowest BCUT2D eigenvalue weighted by Gasteiger charge is -2.28. The van der Waals surface area contributed by atoms with Crippen molar-refractivity contribution in [3.05, 3.63) is 0 Å². The summed E-state index contributed by atoms with van der Waals surface area (Å²) >= 11 is 0. The molecular weight excluding hydrogens is 166 g/mol. The molecule has 0 heterocycles. The van der Waals surface area contributed by atoms with Gasteiger partial charge in [-0.15, -0.1) is 0 Å². The standard InChI is InChI=1S/C10H21NO2/c1-7(2)6-11-8(9(12)13)10(3,4)5/h7-8,11H,6H2,1-5H3,(H,12,13). The number of hydrogen-bond acceptors (Lipinski definition) is 2. The molecule has 78 valence electrons. The molecule has 0 amide bonds. The monoisotopic (exact) mass is 187 g/mol. The second-order valence-electron chi connectivity index (χ2n) is 4.94. The molecule has 0 saturated heterocycles. The predicted octanol–water partition coefficient (Wildman–Crippen LogP) is 1.73. The third-order valence-electron chi connectivity index (χ3n) is 1.84. The Balaban J connectivity index is 4.20. The minimum Gasteiger partial charge on any atom is -0.480 e. The molecule has 0 aromatic heterocycles. The van der Waals surface area contributed by atoms with Gasteiger partial charge in [-0.05, 0) is 17.9 Å². The van der Waals surface area contributed by atoms with Crippen molar-refractivity contribution < 1.29 is 9.90 Å². The molecule has 0 rings (SSSR count). The van der Waals surface area contributed by atoms with Crippen molar-refractivity contribution in [2.75, 3.05) is 6.54 Å². The zero-order valence-electron chi connectivity index (χ0n) is 9.22. The van der Waals surface area contributed by atoms with Crippen LogP contribution in [0.4, 0.5) is 0 Å². The van der Waals surface area contributed by atoms with Crippen LogP contribution in [0.3, 0.4) is 0 Å². The second kappa shape index (κ2) is 4.61. The summed E-state index contributed by atoms with van der Waals surface area (Å²) in [6.45, 7) is 10.7. The fourth-order valence-corrected chi connectivity index (χ4v) is 1.12. The van der Waals surface area contributed by atoms with E-state index in [-0.39, 0.29) is 5.41 Å². The summed E-state index contributed by atoms with van der Waals surface area (Å²) in [7, 11) is 0. The molecule has 3 nitrogen and oxygen atoms in total. The molecule has 1 atom stereocenters. The highest BCUT2D eigenvalue weighted by molar-refractivity contribution is 5.74. The summed E-state index contributed by atoms with van der Waals surface area (Å²) in [6, 6.07) is -0.463. The van der Waals surface area contributed by atoms with Crippen LogP contribution < -0.4 is 5.32 Å². The Kier molecular flexibility index (Phi) is 4.40. The molecule has 2 N–H and O–H groups in total. The minimum atomic E-state index is -0.770. The van der Waals surface area contributed by atoms with E-state index in [1.165, 1.54) is 0 Å². The molecule has 13 heavy (non-hydrogen) atoms. The molecule has 0 fully saturated rings. The summed E-state index contributed by atoms with van der Waals surface area (Å²) in [6.07, 6.45) is 0. The van der Waals surface area contributed by atoms with Crippen LogP contribution in [0, 0.1) is 11.3 Å². The topological polar surface area (TPSA) is 49.3 Å². The lowest BCUT2D eigenvalue weighted by Crippen LogP contribution is -2.47. The van der Waals surface area contributed by atoms with E-state index >= 15 is 0 Å². The molecule has 0 radical (unpaired) electrons. The molecule has 3 heteroatoms. The largest absolute Gasteiger partial charge is 0.480 e. The number of nitrogens with one attached hydrogen (secondary N) is 1. The van der Waals surface area contributed by atoms with Gasteiger partial charge >= 0.3 is 5.97 Å². The average Bonchev–Trinajstić information content (AvgIpc) is 1.81. The molecule has 1 unspecified atom stereocenters. The Morgan fingerprint density at radius 3 is 2.08 bits per heavy atom. The molecular formula is C10H21NO2. The fourth-order valence-electron chi connectivity index (χ4n) is 1.12. The Morgan fingerprint density at radius 2 is 1.85 bits per heavy atom. The number of carboxylic acid groups (broad SMARTS) is 1. The van der Waals surface area contributed by atoms with Crippen molar-refractivity contribution in [3.63, 3.8) is 0 Å². The maximum Gasteiger partial charge on any atom is 0.321 e. The van der Waals surface area contributed by atoms with Crippen LogP contribution in [0.25, 0.3) is 0 Å². The van der Waals surface area contributed by atoms with E-state index in [2.05, 4.69) is 19.2 Å². The van der Waals surface area contributed by atoms with E-state index in [1.54, 1.807) is 0 Å². The first-order valence-electron chi connectivity index (χ1n) is 4.71. The lowest BCUT2D eigenvalue weighted by molar-refractivity contribution is -0.142. The summed E-state index contributed by atoms with van der Waals surface area (Å²) in [5.41, 5.74) is -0.235. The number of carboxylic acids is 1. The van der Waals surface area contributed by atoms with Crippen LogP contribution in [-0.2, 0) is 4.79 Å². The molecule has 0 aliphatic heterocycles. The number of carbonyl (C=O) groups is 1. The van der Waals surface area contributed by atoms with Crippen molar-refractivity contribution in [1.29, 1.82) is 0 Å². The van der Waals surface area contributed by atoms with Crippen LogP contribution in [0.2, 0.25) is 0 Å². The average molecular weight is 187 g/mol. The summed E-state index contributed by atoms with van der Waals surface area (Å²) in [5.74, 6) is -0.294. The Morgan fingerprint density at radius 1 is 1.38 bits per heavy atom. The Bertz CT molecular complexity index is 170. The van der Waals surface area contributed by atoms with Crippen LogP contribution >= 0.6 is 0 Å². The van der Waals surface area contributed by atoms with Crippen molar-refractivity contribution in [3.8, 4) is 0 Å². The van der Waals surface area contributed by atoms with Crippen LogP contribution in [-0.4, -0.2) is 23.7 Å². The zero-order chi connectivity index (χ0) is 10.6. The van der Waals surface area contributed by atoms with E-state index in [4.69, 9.17) is 5.11 Å². The van der Waals surface area contributed by atoms with E-state index in [0.29, 0.717) is 5.92 Å². The lowest BCUT2D eigenvalue weighted by atomic mass is 9.86. The third-order valence-corrected chi connectivity index (χ3v) is 1.84. The molecule has 0 aromatic rings. The van der Waals surface area contributed by atoms with Gasteiger partial charge in [-0.3, -0.25) is 4.79 Å². The van der Waals surface area contributed by atoms with Crippen LogP contribution in [0.15, 0.2) is 0 Å². The predicted molar refractivity (Wildman–Crippen MR) is 53.7 cm³/mol. The highest BCUT2D eigenvalue weighted by Crippen LogP contribution is 2.19. The van der Waals surface area contributed by atoms with Gasteiger partial charge in [-0.2, -0.15) is 0 Å². The third kappa shape index (κ3) is 4.88. The van der Waals surface area contributed by atoms with Gasteiger partial charge in [0.25, 0.3) is 0 Å². The van der Waals surface area contributed by atoms with Gasteiger partial charge < -0.3 is 10.4 Å². The van der Waals surface area contributed by atoms with Crippen LogP contribution in [0.1, 0.15) is 34.6 Å². The van der Waals surface area contributed by atoms with Gasteiger partial charge in [0.2, 0.25) is 0 Å². The number of hydrogen-bond donors (Lipinski definition) is 2. The van der Waals surface area contributed by atoms with E-state index < -0.39 is 12.0 Å². The first-order valence-corrected chi connectivity index (χ1v) is 4.71. The molecule has 0 aromatic carbocycles. The van der Waals surface area contributed by atoms with Crippen molar-refractivity contribution in [1.82, 2.24) is 5.32 Å². The van der Waals surface area contributed by atoms with Gasteiger partial charge in [0, 0.05) is 0 Å². The van der Waals surface area contributed by atoms with Gasteiger partial charge in [0.1, 0.15) is 6.04 Å². The van der Waals surface area contributed by atoms with Gasteiger partial charge in [-0.1, -0.05) is 34.6 Å². The molecule has 0 saturated carbocycles. The first-order chi connectivity index (χ1) is 5.75. The zero-order valence-corrected chi connectivity index (χ0v) is 9.22. The maximum atomic E-state index is 10.9. The quantitative estimate of drug-likeness (QED) is 0.704. The van der Waals surface area contributed by atoms with E-state index in [0.717, 1.165) is 6.54 Å².